The second-order valence-corrected chi connectivity index (χ2v) is 4.94. The van der Waals surface area contributed by atoms with Gasteiger partial charge in [0, 0.05) is 5.69 Å². The fourth-order valence-electron chi connectivity index (χ4n) is 2.07. The molecule has 26 heavy (non-hydrogen) atoms. The molecule has 0 saturated carbocycles. The molecule has 0 spiro atoms. The van der Waals surface area contributed by atoms with Crippen LogP contribution in [0.25, 0.3) is 0 Å². The summed E-state index contributed by atoms with van der Waals surface area (Å²) in [6.45, 7) is -3.35. The van der Waals surface area contributed by atoms with Crippen LogP contribution in [0.4, 0.5) is 14.5 Å². The van der Waals surface area contributed by atoms with Gasteiger partial charge < -0.3 is 25.3 Å². The van der Waals surface area contributed by atoms with Gasteiger partial charge in [-0.25, -0.2) is 0 Å². The molecule has 3 N–H and O–H groups in total. The molecule has 2 rings (SSSR count). The molecule has 0 saturated heterocycles. The fourth-order valence-corrected chi connectivity index (χ4v) is 2.07. The van der Waals surface area contributed by atoms with Crippen LogP contribution in [0.1, 0.15) is 10.4 Å². The van der Waals surface area contributed by atoms with E-state index in [1.54, 1.807) is 12.1 Å². The predicted molar refractivity (Wildman–Crippen MR) is 88.7 cm³/mol. The third-order valence-corrected chi connectivity index (χ3v) is 3.18. The summed E-state index contributed by atoms with van der Waals surface area (Å²) in [5.41, 5.74) is 5.71. The number of amides is 2. The van der Waals surface area contributed by atoms with Gasteiger partial charge in [0.15, 0.2) is 18.1 Å². The average molecular weight is 366 g/mol. The molecule has 2 aromatic rings. The second kappa shape index (κ2) is 8.65. The Morgan fingerprint density at radius 1 is 1.15 bits per heavy atom. The summed E-state index contributed by atoms with van der Waals surface area (Å²) in [7, 11) is 1.38. The molecule has 7 nitrogen and oxygen atoms in total. The second-order valence-electron chi connectivity index (χ2n) is 4.94. The highest BCUT2D eigenvalue weighted by molar-refractivity contribution is 5.97. The van der Waals surface area contributed by atoms with Crippen molar-refractivity contribution >= 4 is 17.5 Å². The number of nitrogens with one attached hydrogen (secondary N) is 1. The van der Waals surface area contributed by atoms with Crippen LogP contribution in [0.3, 0.4) is 0 Å². The Morgan fingerprint density at radius 3 is 2.42 bits per heavy atom. The lowest BCUT2D eigenvalue weighted by atomic mass is 10.2. The molecule has 0 bridgehead atoms. The number of anilines is 1. The third-order valence-electron chi connectivity index (χ3n) is 3.18. The molecule has 0 fully saturated rings. The third kappa shape index (κ3) is 5.07. The maximum Gasteiger partial charge on any atom is 0.387 e. The summed E-state index contributed by atoms with van der Waals surface area (Å²) in [6.07, 6.45) is 0. The van der Waals surface area contributed by atoms with Crippen LogP contribution < -0.4 is 25.3 Å². The first kappa shape index (κ1) is 19.0. The fraction of sp³-hybridized carbons (Fsp3) is 0.176. The van der Waals surface area contributed by atoms with Crippen molar-refractivity contribution in [1.82, 2.24) is 0 Å². The molecule has 0 aliphatic heterocycles. The Balaban J connectivity index is 2.00. The summed E-state index contributed by atoms with van der Waals surface area (Å²) < 4.78 is 38.9. The number of carbonyl (C=O) groups is 2. The Bertz CT molecular complexity index is 781. The van der Waals surface area contributed by atoms with Gasteiger partial charge in [-0.2, -0.15) is 8.78 Å². The van der Waals surface area contributed by atoms with Gasteiger partial charge in [0.2, 0.25) is 0 Å². The molecule has 2 aromatic carbocycles. The maximum atomic E-state index is 12.1. The van der Waals surface area contributed by atoms with Gasteiger partial charge in [-0.05, 0) is 36.4 Å². The predicted octanol–water partition coefficient (Wildman–Crippen LogP) is 2.41. The smallest absolute Gasteiger partial charge is 0.387 e. The van der Waals surface area contributed by atoms with Crippen LogP contribution in [-0.4, -0.2) is 32.1 Å². The van der Waals surface area contributed by atoms with Gasteiger partial charge in [-0.1, -0.05) is 6.07 Å². The molecular weight excluding hydrogens is 350 g/mol. The van der Waals surface area contributed by atoms with E-state index in [2.05, 4.69) is 10.1 Å². The Labute approximate surface area is 147 Å². The summed E-state index contributed by atoms with van der Waals surface area (Å²) in [6, 6.07) is 9.93. The molecule has 0 radical (unpaired) electrons. The lowest BCUT2D eigenvalue weighted by molar-refractivity contribution is -0.118. The average Bonchev–Trinajstić information content (AvgIpc) is 2.60. The van der Waals surface area contributed by atoms with Gasteiger partial charge in [-0.15, -0.1) is 0 Å². The number of halogens is 2. The minimum absolute atomic E-state index is 0.0330. The molecule has 9 heteroatoms. The summed E-state index contributed by atoms with van der Waals surface area (Å²) in [4.78, 5) is 23.4. The molecule has 0 atom stereocenters. The summed E-state index contributed by atoms with van der Waals surface area (Å²) >= 11 is 0. The van der Waals surface area contributed by atoms with Crippen LogP contribution in [0.15, 0.2) is 42.5 Å². The first-order valence-electron chi connectivity index (χ1n) is 7.35. The minimum Gasteiger partial charge on any atom is -0.493 e. The lowest BCUT2D eigenvalue weighted by Gasteiger charge is -2.13. The summed E-state index contributed by atoms with van der Waals surface area (Å²) in [5.74, 6) is -0.988. The quantitative estimate of drug-likeness (QED) is 0.747. The first-order valence-corrected chi connectivity index (χ1v) is 7.35. The Kier molecular flexibility index (Phi) is 6.31. The van der Waals surface area contributed by atoms with Crippen molar-refractivity contribution in [2.24, 2.45) is 5.73 Å². The molecule has 2 amide bonds. The van der Waals surface area contributed by atoms with Gasteiger partial charge in [0.25, 0.3) is 11.8 Å². The van der Waals surface area contributed by atoms with E-state index >= 15 is 0 Å². The van der Waals surface area contributed by atoms with E-state index < -0.39 is 25.0 Å². The topological polar surface area (TPSA) is 99.9 Å². The number of para-hydroxylation sites is 1. The highest BCUT2D eigenvalue weighted by Gasteiger charge is 2.16. The SMILES string of the molecule is COc1cccc(C(N)=O)c1OCC(=O)Nc1ccc(OC(F)F)cc1. The van der Waals surface area contributed by atoms with E-state index in [-0.39, 0.29) is 22.8 Å². The summed E-state index contributed by atoms with van der Waals surface area (Å²) in [5, 5.41) is 2.51. The minimum atomic E-state index is -2.93. The van der Waals surface area contributed by atoms with Crippen LogP contribution >= 0.6 is 0 Å². The van der Waals surface area contributed by atoms with Crippen LogP contribution in [0.2, 0.25) is 0 Å². The normalized spacial score (nSPS) is 10.3. The zero-order valence-corrected chi connectivity index (χ0v) is 13.7. The number of alkyl halides is 2. The number of benzene rings is 2. The highest BCUT2D eigenvalue weighted by atomic mass is 19.3. The van der Waals surface area contributed by atoms with Crippen LogP contribution in [0, 0.1) is 0 Å². The first-order chi connectivity index (χ1) is 12.4. The number of carbonyl (C=O) groups excluding carboxylic acids is 2. The number of nitrogens with two attached hydrogens (primary N) is 1. The Hall–Kier alpha value is -3.36. The molecular formula is C17H16F2N2O5. The molecule has 0 aliphatic carbocycles. The van der Waals surface area contributed by atoms with E-state index in [4.69, 9.17) is 15.2 Å². The van der Waals surface area contributed by atoms with Crippen LogP contribution in [0.5, 0.6) is 17.2 Å². The molecule has 0 heterocycles. The lowest BCUT2D eigenvalue weighted by Crippen LogP contribution is -2.22. The van der Waals surface area contributed by atoms with Crippen molar-refractivity contribution in [3.63, 3.8) is 0 Å². The van der Waals surface area contributed by atoms with E-state index in [0.29, 0.717) is 5.69 Å². The number of primary amides is 1. The van der Waals surface area contributed by atoms with Crippen LogP contribution in [-0.2, 0) is 4.79 Å². The van der Waals surface area contributed by atoms with Crippen molar-refractivity contribution in [2.45, 2.75) is 6.61 Å². The molecule has 0 unspecified atom stereocenters. The number of hydrogen-bond acceptors (Lipinski definition) is 5. The molecule has 0 aliphatic rings. The van der Waals surface area contributed by atoms with E-state index in [9.17, 15) is 18.4 Å². The maximum absolute atomic E-state index is 12.1. The van der Waals surface area contributed by atoms with E-state index in [0.717, 1.165) is 0 Å². The number of rotatable bonds is 8. The van der Waals surface area contributed by atoms with Gasteiger partial charge >= 0.3 is 6.61 Å². The van der Waals surface area contributed by atoms with Gasteiger partial charge in [-0.3, -0.25) is 9.59 Å². The zero-order chi connectivity index (χ0) is 19.1. The number of hydrogen-bond donors (Lipinski definition) is 2. The van der Waals surface area contributed by atoms with Gasteiger partial charge in [0.05, 0.1) is 12.7 Å². The standard InChI is InChI=1S/C17H16F2N2O5/c1-24-13-4-2-3-12(16(20)23)15(13)25-9-14(22)21-10-5-7-11(8-6-10)26-17(18)19/h2-8,17H,9H2,1H3,(H2,20,23)(H,21,22). The van der Waals surface area contributed by atoms with Crippen molar-refractivity contribution in [1.29, 1.82) is 0 Å². The van der Waals surface area contributed by atoms with E-state index in [1.807, 2.05) is 0 Å². The van der Waals surface area contributed by atoms with Gasteiger partial charge in [0.1, 0.15) is 5.75 Å². The van der Waals surface area contributed by atoms with Crippen molar-refractivity contribution < 1.29 is 32.6 Å². The number of ether oxygens (including phenoxy) is 3. The van der Waals surface area contributed by atoms with Crippen molar-refractivity contribution in [3.8, 4) is 17.2 Å². The Morgan fingerprint density at radius 2 is 1.85 bits per heavy atom. The largest absolute Gasteiger partial charge is 0.493 e. The molecule has 138 valence electrons. The zero-order valence-electron chi connectivity index (χ0n) is 13.7. The van der Waals surface area contributed by atoms with Crippen molar-refractivity contribution in [3.05, 3.63) is 48.0 Å². The molecule has 0 aromatic heterocycles. The van der Waals surface area contributed by atoms with E-state index in [1.165, 1.54) is 37.4 Å². The van der Waals surface area contributed by atoms with Crippen molar-refractivity contribution in [2.75, 3.05) is 19.0 Å². The highest BCUT2D eigenvalue weighted by Crippen LogP contribution is 2.30. The monoisotopic (exact) mass is 366 g/mol. The number of methoxy groups -OCH3 is 1.